The Morgan fingerprint density at radius 2 is 1.39 bits per heavy atom. The van der Waals surface area contributed by atoms with Crippen molar-refractivity contribution < 1.29 is 22.6 Å². The number of benzene rings is 5. The van der Waals surface area contributed by atoms with E-state index in [-0.39, 0.29) is 5.82 Å². The fraction of sp³-hybridized carbons (Fsp3) is 0.250. The molecule has 3 nitrogen and oxygen atoms in total. The first-order valence-corrected chi connectivity index (χ1v) is 16.1. The number of halogens is 3. The Bertz CT molecular complexity index is 2010. The Labute approximate surface area is 266 Å². The van der Waals surface area contributed by atoms with Crippen LogP contribution < -0.4 is 9.64 Å². The second-order valence-corrected chi connectivity index (χ2v) is 12.5. The van der Waals surface area contributed by atoms with Crippen molar-refractivity contribution in [2.45, 2.75) is 37.7 Å². The second-order valence-electron chi connectivity index (χ2n) is 12.5. The predicted molar refractivity (Wildman–Crippen MR) is 177 cm³/mol. The van der Waals surface area contributed by atoms with Gasteiger partial charge in [-0.05, 0) is 71.3 Å². The van der Waals surface area contributed by atoms with Crippen LogP contribution in [-0.2, 0) is 15.8 Å². The maximum Gasteiger partial charge on any atom is 0.178 e. The summed E-state index contributed by atoms with van der Waals surface area (Å²) in [6.07, 6.45) is 5.40. The summed E-state index contributed by atoms with van der Waals surface area (Å²) in [6.45, 7) is 7.18. The number of ether oxygens (including phenoxy) is 2. The maximum atomic E-state index is 15.9. The molecule has 1 fully saturated rings. The fourth-order valence-corrected chi connectivity index (χ4v) is 8.12. The summed E-state index contributed by atoms with van der Waals surface area (Å²) in [5.41, 5.74) is 4.92. The van der Waals surface area contributed by atoms with Crippen LogP contribution in [0.1, 0.15) is 54.5 Å². The lowest BCUT2D eigenvalue weighted by Gasteiger charge is -2.39. The number of anilines is 1. The van der Waals surface area contributed by atoms with E-state index in [2.05, 4.69) is 49.1 Å². The van der Waals surface area contributed by atoms with Gasteiger partial charge < -0.3 is 14.4 Å². The SMILES string of the molecule is CCC1(CC)c2c(F)cc(F)cc2-c2c1c1c(c3ccccc23)OC(c2ccc(F)cc2)(c2ccc(N3CCOCC3)cc2)C=C1. The molecule has 3 aliphatic rings. The van der Waals surface area contributed by atoms with E-state index in [1.165, 1.54) is 18.2 Å². The molecule has 0 spiro atoms. The molecule has 0 amide bonds. The van der Waals surface area contributed by atoms with Crippen molar-refractivity contribution in [2.24, 2.45) is 0 Å². The molecule has 6 heteroatoms. The maximum absolute atomic E-state index is 15.9. The van der Waals surface area contributed by atoms with Crippen molar-refractivity contribution in [3.8, 4) is 16.9 Å². The Morgan fingerprint density at radius 3 is 2.07 bits per heavy atom. The highest BCUT2D eigenvalue weighted by Crippen LogP contribution is 2.61. The van der Waals surface area contributed by atoms with E-state index in [1.54, 1.807) is 12.1 Å². The lowest BCUT2D eigenvalue weighted by atomic mass is 9.71. The molecule has 1 atom stereocenters. The van der Waals surface area contributed by atoms with Crippen molar-refractivity contribution in [2.75, 3.05) is 31.2 Å². The molecule has 5 aromatic carbocycles. The molecule has 232 valence electrons. The molecule has 5 aromatic rings. The third kappa shape index (κ3) is 4.09. The van der Waals surface area contributed by atoms with Crippen LogP contribution in [0.3, 0.4) is 0 Å². The van der Waals surface area contributed by atoms with Crippen LogP contribution in [0.4, 0.5) is 18.9 Å². The first kappa shape index (κ1) is 28.9. The highest BCUT2D eigenvalue weighted by molar-refractivity contribution is 6.08. The summed E-state index contributed by atoms with van der Waals surface area (Å²) in [4.78, 5) is 2.30. The van der Waals surface area contributed by atoms with Crippen LogP contribution in [0.5, 0.6) is 5.75 Å². The van der Waals surface area contributed by atoms with Gasteiger partial charge in [-0.3, -0.25) is 0 Å². The van der Waals surface area contributed by atoms with E-state index in [4.69, 9.17) is 9.47 Å². The third-order valence-corrected chi connectivity index (χ3v) is 10.4. The van der Waals surface area contributed by atoms with Gasteiger partial charge >= 0.3 is 0 Å². The third-order valence-electron chi connectivity index (χ3n) is 10.4. The molecule has 0 radical (unpaired) electrons. The van der Waals surface area contributed by atoms with Gasteiger partial charge in [0.25, 0.3) is 0 Å². The van der Waals surface area contributed by atoms with Gasteiger partial charge in [0.1, 0.15) is 23.2 Å². The minimum absolute atomic E-state index is 0.326. The van der Waals surface area contributed by atoms with Crippen molar-refractivity contribution in [3.63, 3.8) is 0 Å². The number of morpholine rings is 1. The van der Waals surface area contributed by atoms with Gasteiger partial charge in [-0.1, -0.05) is 68.5 Å². The zero-order chi connectivity index (χ0) is 31.6. The summed E-state index contributed by atoms with van der Waals surface area (Å²) in [7, 11) is 0. The number of hydrogen-bond acceptors (Lipinski definition) is 3. The normalized spacial score (nSPS) is 19.5. The number of rotatable bonds is 5. The van der Waals surface area contributed by atoms with Crippen molar-refractivity contribution in [3.05, 3.63) is 136 Å². The molecule has 46 heavy (non-hydrogen) atoms. The molecule has 1 unspecified atom stereocenters. The second kappa shape index (κ2) is 10.8. The van der Waals surface area contributed by atoms with E-state index in [0.29, 0.717) is 42.9 Å². The molecule has 0 aromatic heterocycles. The zero-order valence-electron chi connectivity index (χ0n) is 25.9. The van der Waals surface area contributed by atoms with Crippen LogP contribution in [0.25, 0.3) is 28.0 Å². The van der Waals surface area contributed by atoms with Crippen molar-refractivity contribution in [1.82, 2.24) is 0 Å². The first-order chi connectivity index (χ1) is 22.4. The summed E-state index contributed by atoms with van der Waals surface area (Å²) >= 11 is 0. The van der Waals surface area contributed by atoms with Gasteiger partial charge in [0, 0.05) is 57.9 Å². The van der Waals surface area contributed by atoms with Crippen LogP contribution in [0, 0.1) is 17.5 Å². The van der Waals surface area contributed by atoms with Gasteiger partial charge in [0.05, 0.1) is 13.2 Å². The van der Waals surface area contributed by atoms with Crippen molar-refractivity contribution in [1.29, 1.82) is 0 Å². The predicted octanol–water partition coefficient (Wildman–Crippen LogP) is 9.53. The van der Waals surface area contributed by atoms with E-state index in [1.807, 2.05) is 30.3 Å². The molecule has 0 bridgehead atoms. The quantitative estimate of drug-likeness (QED) is 0.196. The Hall–Kier alpha value is -4.55. The highest BCUT2D eigenvalue weighted by Gasteiger charge is 2.48. The number of fused-ring (bicyclic) bond motifs is 8. The Balaban J connectivity index is 1.38. The topological polar surface area (TPSA) is 21.7 Å². The standard InChI is InChI=1S/C40H34F3NO2/c1-3-39(4-2)36-33(23-28(42)24-34(36)43)35-30-7-5-6-8-31(30)38-32(37(35)39)17-18-40(46-38,25-9-13-27(41)14-10-25)26-11-15-29(16-12-26)44-19-21-45-22-20-44/h5-18,23-24H,3-4,19-22H2,1-2H3. The Morgan fingerprint density at radius 1 is 0.739 bits per heavy atom. The molecule has 2 heterocycles. The largest absolute Gasteiger partial charge is 0.472 e. The molecule has 0 saturated carbocycles. The molecule has 1 aliphatic carbocycles. The average Bonchev–Trinajstić information content (AvgIpc) is 3.40. The first-order valence-electron chi connectivity index (χ1n) is 16.1. The average molecular weight is 618 g/mol. The van der Waals surface area contributed by atoms with Gasteiger partial charge in [0.15, 0.2) is 5.60 Å². The minimum atomic E-state index is -1.06. The van der Waals surface area contributed by atoms with Crippen molar-refractivity contribution >= 4 is 22.5 Å². The van der Waals surface area contributed by atoms with Gasteiger partial charge in [-0.2, -0.15) is 0 Å². The number of nitrogens with zero attached hydrogens (tertiary/aromatic N) is 1. The molecule has 2 aliphatic heterocycles. The minimum Gasteiger partial charge on any atom is -0.472 e. The van der Waals surface area contributed by atoms with Gasteiger partial charge in [0.2, 0.25) is 0 Å². The molecule has 1 saturated heterocycles. The molecular weight excluding hydrogens is 583 g/mol. The van der Waals surface area contributed by atoms with Gasteiger partial charge in [-0.25, -0.2) is 13.2 Å². The van der Waals surface area contributed by atoms with E-state index in [0.717, 1.165) is 63.4 Å². The zero-order valence-corrected chi connectivity index (χ0v) is 25.9. The lowest BCUT2D eigenvalue weighted by molar-refractivity contribution is 0.122. The summed E-state index contributed by atoms with van der Waals surface area (Å²) in [5.74, 6) is -0.754. The van der Waals surface area contributed by atoms with E-state index >= 15 is 4.39 Å². The summed E-state index contributed by atoms with van der Waals surface area (Å²) < 4.78 is 57.8. The fourth-order valence-electron chi connectivity index (χ4n) is 8.12. The van der Waals surface area contributed by atoms with E-state index < -0.39 is 22.7 Å². The molecule has 0 N–H and O–H groups in total. The Kier molecular flexibility index (Phi) is 6.77. The molecular formula is C40H34F3NO2. The summed E-state index contributed by atoms with van der Waals surface area (Å²) in [6, 6.07) is 25.3. The monoisotopic (exact) mass is 617 g/mol. The van der Waals surface area contributed by atoms with E-state index in [9.17, 15) is 8.78 Å². The van der Waals surface area contributed by atoms with Crippen LogP contribution in [0.2, 0.25) is 0 Å². The highest BCUT2D eigenvalue weighted by atomic mass is 19.1. The van der Waals surface area contributed by atoms with Gasteiger partial charge in [-0.15, -0.1) is 0 Å². The summed E-state index contributed by atoms with van der Waals surface area (Å²) in [5, 5.41) is 1.74. The number of hydrogen-bond donors (Lipinski definition) is 0. The van der Waals surface area contributed by atoms with Crippen LogP contribution in [-0.4, -0.2) is 26.3 Å². The lowest BCUT2D eigenvalue weighted by Crippen LogP contribution is -2.37. The van der Waals surface area contributed by atoms with Crippen LogP contribution in [0.15, 0.2) is 91.0 Å². The smallest absolute Gasteiger partial charge is 0.178 e. The van der Waals surface area contributed by atoms with Crippen LogP contribution >= 0.6 is 0 Å². The molecule has 8 rings (SSSR count).